The van der Waals surface area contributed by atoms with E-state index in [0.717, 1.165) is 4.47 Å². The van der Waals surface area contributed by atoms with E-state index in [-0.39, 0.29) is 24.6 Å². The van der Waals surface area contributed by atoms with Gasteiger partial charge in [-0.05, 0) is 31.2 Å². The van der Waals surface area contributed by atoms with Crippen molar-refractivity contribution in [2.45, 2.75) is 20.0 Å². The van der Waals surface area contributed by atoms with Gasteiger partial charge in [0.15, 0.2) is 0 Å². The number of aromatic nitrogens is 2. The Bertz CT molecular complexity index is 1090. The Labute approximate surface area is 162 Å². The maximum Gasteiger partial charge on any atom is 0.341 e. The summed E-state index contributed by atoms with van der Waals surface area (Å²) < 4.78 is 12.1. The third kappa shape index (κ3) is 4.08. The molecule has 0 atom stereocenters. The van der Waals surface area contributed by atoms with Gasteiger partial charge in [-0.3, -0.25) is 14.2 Å². The highest BCUT2D eigenvalue weighted by Gasteiger charge is 2.16. The zero-order valence-corrected chi connectivity index (χ0v) is 16.2. The van der Waals surface area contributed by atoms with Gasteiger partial charge in [0.1, 0.15) is 23.6 Å². The lowest BCUT2D eigenvalue weighted by Crippen LogP contribution is -2.32. The van der Waals surface area contributed by atoms with Crippen molar-refractivity contribution in [2.24, 2.45) is 0 Å². The molecule has 0 saturated carbocycles. The molecular formula is C18H16BrN3O5. The van der Waals surface area contributed by atoms with Crippen molar-refractivity contribution in [3.05, 3.63) is 62.5 Å². The number of fused-ring (bicyclic) bond motifs is 1. The molecule has 1 aromatic carbocycles. The van der Waals surface area contributed by atoms with Crippen molar-refractivity contribution >= 4 is 38.7 Å². The third-order valence-electron chi connectivity index (χ3n) is 3.93. The molecule has 0 fully saturated rings. The molecule has 0 aliphatic carbocycles. The summed E-state index contributed by atoms with van der Waals surface area (Å²) in [6.45, 7) is 1.53. The number of nitrogens with one attached hydrogen (secondary N) is 1. The number of amides is 1. The van der Waals surface area contributed by atoms with Crippen molar-refractivity contribution in [2.75, 3.05) is 7.11 Å². The van der Waals surface area contributed by atoms with E-state index in [2.05, 4.69) is 31.0 Å². The molecule has 2 aromatic heterocycles. The second-order valence-electron chi connectivity index (χ2n) is 5.79. The van der Waals surface area contributed by atoms with Crippen LogP contribution in [0.25, 0.3) is 10.9 Å². The Morgan fingerprint density at radius 3 is 2.85 bits per heavy atom. The number of carbonyl (C=O) groups is 2. The van der Waals surface area contributed by atoms with Gasteiger partial charge in [-0.1, -0.05) is 15.9 Å². The average Bonchev–Trinajstić information content (AvgIpc) is 3.03. The fraction of sp³-hybridized carbons (Fsp3) is 0.222. The fourth-order valence-electron chi connectivity index (χ4n) is 2.58. The van der Waals surface area contributed by atoms with Crippen LogP contribution in [0.3, 0.4) is 0 Å². The highest BCUT2D eigenvalue weighted by atomic mass is 79.9. The zero-order valence-electron chi connectivity index (χ0n) is 14.6. The second-order valence-corrected chi connectivity index (χ2v) is 6.71. The Morgan fingerprint density at radius 2 is 2.11 bits per heavy atom. The van der Waals surface area contributed by atoms with Crippen LogP contribution in [0, 0.1) is 6.92 Å². The number of esters is 1. The molecular weight excluding hydrogens is 418 g/mol. The Hall–Kier alpha value is -2.94. The van der Waals surface area contributed by atoms with Crippen LogP contribution in [0.1, 0.15) is 21.9 Å². The van der Waals surface area contributed by atoms with Crippen LogP contribution in [-0.2, 0) is 22.6 Å². The van der Waals surface area contributed by atoms with E-state index < -0.39 is 5.97 Å². The molecule has 140 valence electrons. The van der Waals surface area contributed by atoms with Crippen molar-refractivity contribution in [1.82, 2.24) is 14.9 Å². The minimum Gasteiger partial charge on any atom is -0.465 e. The van der Waals surface area contributed by atoms with E-state index in [4.69, 9.17) is 4.42 Å². The summed E-state index contributed by atoms with van der Waals surface area (Å²) in [5, 5.41) is 3.07. The molecule has 2 heterocycles. The summed E-state index contributed by atoms with van der Waals surface area (Å²) >= 11 is 3.32. The van der Waals surface area contributed by atoms with Gasteiger partial charge >= 0.3 is 5.97 Å². The van der Waals surface area contributed by atoms with Gasteiger partial charge in [0.05, 0.1) is 30.9 Å². The maximum absolute atomic E-state index is 12.5. The molecule has 1 amide bonds. The van der Waals surface area contributed by atoms with Gasteiger partial charge in [0.25, 0.3) is 5.56 Å². The first-order valence-electron chi connectivity index (χ1n) is 7.98. The number of carbonyl (C=O) groups excluding carboxylic acids is 2. The van der Waals surface area contributed by atoms with E-state index >= 15 is 0 Å². The smallest absolute Gasteiger partial charge is 0.341 e. The first-order chi connectivity index (χ1) is 12.9. The van der Waals surface area contributed by atoms with Crippen LogP contribution < -0.4 is 10.9 Å². The van der Waals surface area contributed by atoms with Crippen molar-refractivity contribution < 1.29 is 18.7 Å². The summed E-state index contributed by atoms with van der Waals surface area (Å²) in [7, 11) is 1.28. The predicted octanol–water partition coefficient (Wildman–Crippen LogP) is 2.16. The standard InChI is InChI=1S/C18H16BrN3O5/c1-10-13(18(25)26-2)6-12(27-10)7-20-16(23)8-22-9-21-15-4-3-11(19)5-14(15)17(22)24/h3-6,9H,7-8H2,1-2H3,(H,20,23). The van der Waals surface area contributed by atoms with Gasteiger partial charge in [-0.15, -0.1) is 0 Å². The van der Waals surface area contributed by atoms with Crippen molar-refractivity contribution in [3.63, 3.8) is 0 Å². The van der Waals surface area contributed by atoms with Crippen LogP contribution in [0.2, 0.25) is 0 Å². The Morgan fingerprint density at radius 1 is 1.33 bits per heavy atom. The zero-order chi connectivity index (χ0) is 19.6. The number of ether oxygens (including phenoxy) is 1. The van der Waals surface area contributed by atoms with Gasteiger partial charge in [-0.2, -0.15) is 0 Å². The molecule has 3 rings (SSSR count). The van der Waals surface area contributed by atoms with E-state index in [1.807, 2.05) is 0 Å². The lowest BCUT2D eigenvalue weighted by Gasteiger charge is -2.07. The van der Waals surface area contributed by atoms with E-state index in [0.29, 0.717) is 28.0 Å². The molecule has 0 aliphatic rings. The summed E-state index contributed by atoms with van der Waals surface area (Å²) in [5.74, 6) is -0.0727. The molecule has 0 saturated heterocycles. The van der Waals surface area contributed by atoms with Crippen molar-refractivity contribution in [3.8, 4) is 0 Å². The summed E-state index contributed by atoms with van der Waals surface area (Å²) in [4.78, 5) is 40.4. The number of aryl methyl sites for hydroxylation is 1. The first kappa shape index (κ1) is 18.8. The third-order valence-corrected chi connectivity index (χ3v) is 4.43. The topological polar surface area (TPSA) is 103 Å². The number of rotatable bonds is 5. The molecule has 0 spiro atoms. The molecule has 8 nitrogen and oxygen atoms in total. The predicted molar refractivity (Wildman–Crippen MR) is 100 cm³/mol. The van der Waals surface area contributed by atoms with Gasteiger partial charge in [-0.25, -0.2) is 9.78 Å². The summed E-state index contributed by atoms with van der Waals surface area (Å²) in [5.41, 5.74) is 0.557. The molecule has 3 aromatic rings. The minimum absolute atomic E-state index is 0.0813. The summed E-state index contributed by atoms with van der Waals surface area (Å²) in [6.07, 6.45) is 1.34. The molecule has 27 heavy (non-hydrogen) atoms. The lowest BCUT2D eigenvalue weighted by atomic mass is 10.2. The van der Waals surface area contributed by atoms with Crippen LogP contribution in [-0.4, -0.2) is 28.5 Å². The normalized spacial score (nSPS) is 10.8. The lowest BCUT2D eigenvalue weighted by molar-refractivity contribution is -0.122. The number of nitrogens with zero attached hydrogens (tertiary/aromatic N) is 2. The largest absolute Gasteiger partial charge is 0.465 e. The molecule has 1 N–H and O–H groups in total. The monoisotopic (exact) mass is 433 g/mol. The molecule has 0 radical (unpaired) electrons. The van der Waals surface area contributed by atoms with Gasteiger partial charge < -0.3 is 14.5 Å². The van der Waals surface area contributed by atoms with E-state index in [1.165, 1.54) is 24.1 Å². The van der Waals surface area contributed by atoms with Gasteiger partial charge in [0, 0.05) is 4.47 Å². The van der Waals surface area contributed by atoms with E-state index in [9.17, 15) is 14.4 Å². The number of hydrogen-bond donors (Lipinski definition) is 1. The minimum atomic E-state index is -0.506. The fourth-order valence-corrected chi connectivity index (χ4v) is 2.94. The van der Waals surface area contributed by atoms with Crippen LogP contribution in [0.15, 0.2) is 44.3 Å². The number of halogens is 1. The highest BCUT2D eigenvalue weighted by Crippen LogP contribution is 2.16. The molecule has 0 unspecified atom stereocenters. The quantitative estimate of drug-likeness (QED) is 0.618. The van der Waals surface area contributed by atoms with E-state index in [1.54, 1.807) is 25.1 Å². The van der Waals surface area contributed by atoms with Crippen LogP contribution in [0.4, 0.5) is 0 Å². The van der Waals surface area contributed by atoms with Crippen LogP contribution in [0.5, 0.6) is 0 Å². The molecule has 0 aliphatic heterocycles. The molecule has 9 heteroatoms. The van der Waals surface area contributed by atoms with Crippen LogP contribution >= 0.6 is 15.9 Å². The number of benzene rings is 1. The van der Waals surface area contributed by atoms with Gasteiger partial charge in [0.2, 0.25) is 5.91 Å². The molecule has 0 bridgehead atoms. The summed E-state index contributed by atoms with van der Waals surface area (Å²) in [6, 6.07) is 6.70. The number of methoxy groups -OCH3 is 1. The SMILES string of the molecule is COC(=O)c1cc(CNC(=O)Cn2cnc3ccc(Br)cc3c2=O)oc1C. The Kier molecular flexibility index (Phi) is 5.41. The maximum atomic E-state index is 12.5. The number of furan rings is 1. The van der Waals surface area contributed by atoms with Crippen molar-refractivity contribution in [1.29, 1.82) is 0 Å². The average molecular weight is 434 g/mol. The Balaban J connectivity index is 1.70. The first-order valence-corrected chi connectivity index (χ1v) is 8.77. The second kappa shape index (κ2) is 7.75. The highest BCUT2D eigenvalue weighted by molar-refractivity contribution is 9.10. The number of hydrogen-bond acceptors (Lipinski definition) is 6.